The van der Waals surface area contributed by atoms with Gasteiger partial charge in [-0.1, -0.05) is 35.8 Å². The van der Waals surface area contributed by atoms with Crippen LogP contribution in [-0.2, 0) is 9.53 Å². The lowest BCUT2D eigenvalue weighted by Crippen LogP contribution is -2.14. The van der Waals surface area contributed by atoms with Crippen LogP contribution in [0, 0.1) is 6.92 Å². The van der Waals surface area contributed by atoms with Crippen molar-refractivity contribution in [2.75, 3.05) is 6.61 Å². The molecule has 0 aliphatic rings. The third-order valence-corrected chi connectivity index (χ3v) is 2.55. The molecule has 0 amide bonds. The van der Waals surface area contributed by atoms with Gasteiger partial charge in [-0.3, -0.25) is 0 Å². The number of rotatable bonds is 3. The summed E-state index contributed by atoms with van der Waals surface area (Å²) in [6.45, 7) is 8.03. The highest BCUT2D eigenvalue weighted by Gasteiger charge is 2.06. The maximum absolute atomic E-state index is 11.3. The highest BCUT2D eigenvalue weighted by atomic mass is 79.9. The molecular weight excluding hydrogens is 294 g/mol. The standard InChI is InChI=1S/C12H14BrNO2.C2H6/c1-3-16-12(15)11(14)7-9-4-5-10(13)6-8(9)2;1-2/h4-7H,3,14H2,1-2H3;1-2H3/b11-7-;. The van der Waals surface area contributed by atoms with E-state index in [1.807, 2.05) is 39.0 Å². The van der Waals surface area contributed by atoms with Gasteiger partial charge in [0.15, 0.2) is 0 Å². The summed E-state index contributed by atoms with van der Waals surface area (Å²) in [4.78, 5) is 11.3. The lowest BCUT2D eigenvalue weighted by molar-refractivity contribution is -0.138. The summed E-state index contributed by atoms with van der Waals surface area (Å²) in [6, 6.07) is 5.76. The molecule has 0 saturated carbocycles. The largest absolute Gasteiger partial charge is 0.461 e. The Balaban J connectivity index is 0.00000137. The van der Waals surface area contributed by atoms with Gasteiger partial charge < -0.3 is 10.5 Å². The Bertz CT molecular complexity index is 428. The van der Waals surface area contributed by atoms with Crippen molar-refractivity contribution in [2.45, 2.75) is 27.7 Å². The number of halogens is 1. The molecule has 0 spiro atoms. The van der Waals surface area contributed by atoms with Gasteiger partial charge in [0.05, 0.1) is 6.61 Å². The van der Waals surface area contributed by atoms with E-state index in [4.69, 9.17) is 10.5 Å². The van der Waals surface area contributed by atoms with Gasteiger partial charge in [0.2, 0.25) is 0 Å². The number of benzene rings is 1. The van der Waals surface area contributed by atoms with E-state index < -0.39 is 5.97 Å². The Morgan fingerprint density at radius 3 is 2.56 bits per heavy atom. The van der Waals surface area contributed by atoms with Crippen LogP contribution in [0.1, 0.15) is 31.9 Å². The molecule has 0 atom stereocenters. The van der Waals surface area contributed by atoms with Gasteiger partial charge in [-0.15, -0.1) is 0 Å². The van der Waals surface area contributed by atoms with Gasteiger partial charge in [-0.05, 0) is 43.2 Å². The fraction of sp³-hybridized carbons (Fsp3) is 0.357. The van der Waals surface area contributed by atoms with Crippen molar-refractivity contribution in [3.05, 3.63) is 39.5 Å². The first-order chi connectivity index (χ1) is 8.54. The molecule has 0 aliphatic carbocycles. The van der Waals surface area contributed by atoms with Crippen LogP contribution in [0.5, 0.6) is 0 Å². The predicted octanol–water partition coefficient (Wildman–Crippen LogP) is 3.65. The minimum Gasteiger partial charge on any atom is -0.461 e. The molecule has 0 radical (unpaired) electrons. The average molecular weight is 314 g/mol. The second kappa shape index (κ2) is 8.75. The van der Waals surface area contributed by atoms with Gasteiger partial charge in [-0.25, -0.2) is 4.79 Å². The maximum atomic E-state index is 11.3. The molecule has 1 aromatic rings. The van der Waals surface area contributed by atoms with E-state index in [2.05, 4.69) is 15.9 Å². The molecule has 0 saturated heterocycles. The highest BCUT2D eigenvalue weighted by Crippen LogP contribution is 2.17. The lowest BCUT2D eigenvalue weighted by Gasteiger charge is -2.04. The molecule has 0 aliphatic heterocycles. The third-order valence-electron chi connectivity index (χ3n) is 2.05. The molecule has 0 heterocycles. The van der Waals surface area contributed by atoms with Gasteiger partial charge in [0, 0.05) is 4.47 Å². The molecule has 0 aromatic heterocycles. The Hall–Kier alpha value is -1.29. The van der Waals surface area contributed by atoms with Crippen LogP contribution in [-0.4, -0.2) is 12.6 Å². The summed E-state index contributed by atoms with van der Waals surface area (Å²) in [6.07, 6.45) is 1.62. The van der Waals surface area contributed by atoms with Crippen LogP contribution >= 0.6 is 15.9 Å². The van der Waals surface area contributed by atoms with Crippen molar-refractivity contribution in [1.82, 2.24) is 0 Å². The summed E-state index contributed by atoms with van der Waals surface area (Å²) in [5.74, 6) is -0.482. The molecule has 100 valence electrons. The normalized spacial score (nSPS) is 10.4. The van der Waals surface area contributed by atoms with Crippen LogP contribution in [0.25, 0.3) is 6.08 Å². The first-order valence-corrected chi connectivity index (χ1v) is 6.74. The van der Waals surface area contributed by atoms with E-state index in [0.717, 1.165) is 15.6 Å². The van der Waals surface area contributed by atoms with E-state index in [0.29, 0.717) is 6.61 Å². The second-order valence-corrected chi connectivity index (χ2v) is 4.24. The quantitative estimate of drug-likeness (QED) is 0.684. The van der Waals surface area contributed by atoms with E-state index in [1.54, 1.807) is 13.0 Å². The zero-order valence-electron chi connectivity index (χ0n) is 11.3. The molecule has 1 aromatic carbocycles. The molecule has 0 bridgehead atoms. The van der Waals surface area contributed by atoms with Crippen molar-refractivity contribution < 1.29 is 9.53 Å². The number of hydrogen-bond acceptors (Lipinski definition) is 3. The summed E-state index contributed by atoms with van der Waals surface area (Å²) in [5.41, 5.74) is 7.69. The Labute approximate surface area is 117 Å². The zero-order chi connectivity index (χ0) is 14.1. The monoisotopic (exact) mass is 313 g/mol. The minimum atomic E-state index is -0.482. The Morgan fingerprint density at radius 1 is 1.44 bits per heavy atom. The van der Waals surface area contributed by atoms with Crippen molar-refractivity contribution in [3.63, 3.8) is 0 Å². The van der Waals surface area contributed by atoms with E-state index >= 15 is 0 Å². The van der Waals surface area contributed by atoms with Gasteiger partial charge in [0.1, 0.15) is 5.70 Å². The van der Waals surface area contributed by atoms with Crippen LogP contribution < -0.4 is 5.73 Å². The fourth-order valence-corrected chi connectivity index (χ4v) is 1.72. The number of hydrogen-bond donors (Lipinski definition) is 1. The molecule has 1 rings (SSSR count). The molecule has 3 nitrogen and oxygen atoms in total. The van der Waals surface area contributed by atoms with Gasteiger partial charge >= 0.3 is 5.97 Å². The predicted molar refractivity (Wildman–Crippen MR) is 79.0 cm³/mol. The van der Waals surface area contributed by atoms with Crippen molar-refractivity contribution >= 4 is 28.0 Å². The fourth-order valence-electron chi connectivity index (χ4n) is 1.24. The lowest BCUT2D eigenvalue weighted by atomic mass is 10.1. The molecule has 0 unspecified atom stereocenters. The molecule has 18 heavy (non-hydrogen) atoms. The molecule has 4 heteroatoms. The third kappa shape index (κ3) is 5.36. The van der Waals surface area contributed by atoms with Gasteiger partial charge in [-0.2, -0.15) is 0 Å². The zero-order valence-corrected chi connectivity index (χ0v) is 12.9. The Kier molecular flexibility index (Phi) is 8.12. The summed E-state index contributed by atoms with van der Waals surface area (Å²) in [7, 11) is 0. The molecule has 2 N–H and O–H groups in total. The van der Waals surface area contributed by atoms with E-state index in [1.165, 1.54) is 0 Å². The van der Waals surface area contributed by atoms with E-state index in [-0.39, 0.29) is 5.70 Å². The first-order valence-electron chi connectivity index (χ1n) is 5.95. The van der Waals surface area contributed by atoms with Crippen molar-refractivity contribution in [3.8, 4) is 0 Å². The van der Waals surface area contributed by atoms with Crippen molar-refractivity contribution in [2.24, 2.45) is 5.73 Å². The second-order valence-electron chi connectivity index (χ2n) is 3.32. The summed E-state index contributed by atoms with van der Waals surface area (Å²) >= 11 is 3.37. The average Bonchev–Trinajstić information content (AvgIpc) is 2.35. The smallest absolute Gasteiger partial charge is 0.354 e. The van der Waals surface area contributed by atoms with Crippen molar-refractivity contribution in [1.29, 1.82) is 0 Å². The summed E-state index contributed by atoms with van der Waals surface area (Å²) < 4.78 is 5.80. The number of carbonyl (C=O) groups is 1. The van der Waals surface area contributed by atoms with Crippen LogP contribution in [0.2, 0.25) is 0 Å². The number of aryl methyl sites for hydroxylation is 1. The highest BCUT2D eigenvalue weighted by molar-refractivity contribution is 9.10. The van der Waals surface area contributed by atoms with E-state index in [9.17, 15) is 4.79 Å². The number of carbonyl (C=O) groups excluding carboxylic acids is 1. The topological polar surface area (TPSA) is 52.3 Å². The molecule has 0 fully saturated rings. The number of esters is 1. The van der Waals surface area contributed by atoms with Crippen LogP contribution in [0.15, 0.2) is 28.4 Å². The van der Waals surface area contributed by atoms with Crippen LogP contribution in [0.4, 0.5) is 0 Å². The number of nitrogens with two attached hydrogens (primary N) is 1. The SMILES string of the molecule is CC.CCOC(=O)/C(N)=C/c1ccc(Br)cc1C. The summed E-state index contributed by atoms with van der Waals surface area (Å²) in [5, 5.41) is 0. The minimum absolute atomic E-state index is 0.118. The maximum Gasteiger partial charge on any atom is 0.354 e. The van der Waals surface area contributed by atoms with Gasteiger partial charge in [0.25, 0.3) is 0 Å². The van der Waals surface area contributed by atoms with Crippen LogP contribution in [0.3, 0.4) is 0 Å². The Morgan fingerprint density at radius 2 is 2.06 bits per heavy atom. The number of ether oxygens (including phenoxy) is 1. The first kappa shape index (κ1) is 16.7. The molecular formula is C14H20BrNO2.